The Labute approximate surface area is 118 Å². The highest BCUT2D eigenvalue weighted by Crippen LogP contribution is 2.20. The summed E-state index contributed by atoms with van der Waals surface area (Å²) in [5.74, 6) is 1.96. The van der Waals surface area contributed by atoms with Crippen molar-refractivity contribution in [1.29, 1.82) is 0 Å². The lowest BCUT2D eigenvalue weighted by molar-refractivity contribution is 0.302. The summed E-state index contributed by atoms with van der Waals surface area (Å²) in [7, 11) is -3.23. The summed E-state index contributed by atoms with van der Waals surface area (Å²) in [4.78, 5) is 0.238. The summed E-state index contributed by atoms with van der Waals surface area (Å²) in [6, 6.07) is 8.26. The molecule has 5 nitrogen and oxygen atoms in total. The maximum absolute atomic E-state index is 11.5. The van der Waals surface area contributed by atoms with E-state index in [1.54, 1.807) is 12.1 Å². The minimum Gasteiger partial charge on any atom is -0.489 e. The van der Waals surface area contributed by atoms with Gasteiger partial charge in [0.15, 0.2) is 9.84 Å². The van der Waals surface area contributed by atoms with E-state index in [0.717, 1.165) is 11.3 Å². The molecule has 108 valence electrons. The molecule has 2 aromatic rings. The van der Waals surface area contributed by atoms with Crippen LogP contribution < -0.4 is 10.5 Å². The van der Waals surface area contributed by atoms with Gasteiger partial charge in [0.05, 0.1) is 11.4 Å². The molecule has 0 fully saturated rings. The van der Waals surface area contributed by atoms with Crippen molar-refractivity contribution < 1.29 is 17.6 Å². The zero-order valence-electron chi connectivity index (χ0n) is 11.4. The molecular formula is C14H17NO4S. The number of hydrogen-bond acceptors (Lipinski definition) is 5. The van der Waals surface area contributed by atoms with Crippen molar-refractivity contribution in [2.24, 2.45) is 5.73 Å². The third-order valence-corrected chi connectivity index (χ3v) is 4.01. The predicted octanol–water partition coefficient (Wildman–Crippen LogP) is 2.03. The quantitative estimate of drug-likeness (QED) is 0.912. The molecule has 0 unspecified atom stereocenters. The molecule has 0 aliphatic heterocycles. The summed E-state index contributed by atoms with van der Waals surface area (Å²) >= 11 is 0. The third kappa shape index (κ3) is 3.40. The Kier molecular flexibility index (Phi) is 4.15. The Bertz CT molecular complexity index is 704. The van der Waals surface area contributed by atoms with Crippen molar-refractivity contribution in [2.75, 3.05) is 6.26 Å². The Morgan fingerprint density at radius 2 is 2.05 bits per heavy atom. The van der Waals surface area contributed by atoms with Gasteiger partial charge in [-0.25, -0.2) is 8.42 Å². The number of ether oxygens (including phenoxy) is 1. The van der Waals surface area contributed by atoms with E-state index in [1.165, 1.54) is 18.4 Å². The molecular weight excluding hydrogens is 278 g/mol. The summed E-state index contributed by atoms with van der Waals surface area (Å²) in [6.07, 6.45) is 1.17. The van der Waals surface area contributed by atoms with E-state index in [1.807, 2.05) is 13.0 Å². The van der Waals surface area contributed by atoms with Crippen LogP contribution in [0.1, 0.15) is 17.1 Å². The second-order valence-electron chi connectivity index (χ2n) is 4.53. The number of sulfone groups is 1. The van der Waals surface area contributed by atoms with Gasteiger partial charge in [0.1, 0.15) is 23.9 Å². The summed E-state index contributed by atoms with van der Waals surface area (Å²) < 4.78 is 34.0. The van der Waals surface area contributed by atoms with Crippen LogP contribution in [0.4, 0.5) is 0 Å². The fourth-order valence-electron chi connectivity index (χ4n) is 1.79. The Morgan fingerprint density at radius 1 is 1.30 bits per heavy atom. The van der Waals surface area contributed by atoms with Gasteiger partial charge in [-0.05, 0) is 31.2 Å². The number of benzene rings is 1. The molecule has 0 aliphatic carbocycles. The first kappa shape index (κ1) is 14.6. The molecule has 2 N–H and O–H groups in total. The molecule has 2 rings (SSSR count). The highest BCUT2D eigenvalue weighted by Gasteiger charge is 2.10. The average molecular weight is 295 g/mol. The molecule has 1 heterocycles. The van der Waals surface area contributed by atoms with Crippen LogP contribution in [0.5, 0.6) is 5.75 Å². The van der Waals surface area contributed by atoms with E-state index in [4.69, 9.17) is 14.9 Å². The fraction of sp³-hybridized carbons (Fsp3) is 0.286. The molecule has 0 aliphatic rings. The molecule has 0 atom stereocenters. The zero-order valence-corrected chi connectivity index (χ0v) is 12.2. The van der Waals surface area contributed by atoms with Gasteiger partial charge in [0.2, 0.25) is 0 Å². The number of rotatable bonds is 5. The highest BCUT2D eigenvalue weighted by atomic mass is 32.2. The Balaban J connectivity index is 2.13. The van der Waals surface area contributed by atoms with Gasteiger partial charge in [0, 0.05) is 11.8 Å². The Hall–Kier alpha value is -1.79. The lowest BCUT2D eigenvalue weighted by atomic mass is 10.2. The van der Waals surface area contributed by atoms with E-state index in [9.17, 15) is 8.42 Å². The normalized spacial score (nSPS) is 11.6. The minimum absolute atomic E-state index is 0.238. The van der Waals surface area contributed by atoms with Crippen LogP contribution in [0.2, 0.25) is 0 Å². The summed E-state index contributed by atoms with van der Waals surface area (Å²) in [5, 5.41) is 0. The SMILES string of the molecule is Cc1oc(CN)cc1COc1cccc(S(C)(=O)=O)c1. The second-order valence-corrected chi connectivity index (χ2v) is 6.55. The highest BCUT2D eigenvalue weighted by molar-refractivity contribution is 7.90. The maximum Gasteiger partial charge on any atom is 0.175 e. The van der Waals surface area contributed by atoms with Gasteiger partial charge < -0.3 is 14.9 Å². The molecule has 0 saturated carbocycles. The Morgan fingerprint density at radius 3 is 2.65 bits per heavy atom. The minimum atomic E-state index is -3.23. The number of aryl methyl sites for hydroxylation is 1. The van der Waals surface area contributed by atoms with Gasteiger partial charge in [-0.15, -0.1) is 0 Å². The van der Waals surface area contributed by atoms with Crippen LogP contribution in [0.25, 0.3) is 0 Å². The van der Waals surface area contributed by atoms with E-state index in [2.05, 4.69) is 0 Å². The van der Waals surface area contributed by atoms with Gasteiger partial charge >= 0.3 is 0 Å². The molecule has 1 aromatic carbocycles. The van der Waals surface area contributed by atoms with Crippen molar-refractivity contribution in [3.05, 3.63) is 47.4 Å². The smallest absolute Gasteiger partial charge is 0.175 e. The van der Waals surface area contributed by atoms with Crippen molar-refractivity contribution in [2.45, 2.75) is 25.0 Å². The van der Waals surface area contributed by atoms with Crippen molar-refractivity contribution in [3.63, 3.8) is 0 Å². The predicted molar refractivity (Wildman–Crippen MR) is 75.2 cm³/mol. The van der Waals surface area contributed by atoms with Gasteiger partial charge in [-0.3, -0.25) is 0 Å². The topological polar surface area (TPSA) is 82.5 Å². The molecule has 0 saturated heterocycles. The first-order valence-corrected chi connectivity index (χ1v) is 8.00. The number of nitrogens with two attached hydrogens (primary N) is 1. The van der Waals surface area contributed by atoms with Crippen LogP contribution in [0.3, 0.4) is 0 Å². The maximum atomic E-state index is 11.5. The van der Waals surface area contributed by atoms with Gasteiger partial charge in [0.25, 0.3) is 0 Å². The lowest BCUT2D eigenvalue weighted by Gasteiger charge is -2.06. The van der Waals surface area contributed by atoms with E-state index < -0.39 is 9.84 Å². The third-order valence-electron chi connectivity index (χ3n) is 2.90. The van der Waals surface area contributed by atoms with E-state index in [0.29, 0.717) is 24.7 Å². The van der Waals surface area contributed by atoms with E-state index >= 15 is 0 Å². The van der Waals surface area contributed by atoms with Crippen LogP contribution in [0.15, 0.2) is 39.6 Å². The molecule has 0 bridgehead atoms. The first-order valence-electron chi connectivity index (χ1n) is 6.11. The van der Waals surface area contributed by atoms with Crippen molar-refractivity contribution in [1.82, 2.24) is 0 Å². The molecule has 6 heteroatoms. The average Bonchev–Trinajstić information content (AvgIpc) is 2.76. The van der Waals surface area contributed by atoms with E-state index in [-0.39, 0.29) is 4.90 Å². The summed E-state index contributed by atoms with van der Waals surface area (Å²) in [5.41, 5.74) is 6.40. The standard InChI is InChI=1S/C14H17NO4S/c1-10-11(6-13(8-15)19-10)9-18-12-4-3-5-14(7-12)20(2,16)17/h3-7H,8-9,15H2,1-2H3. The zero-order chi connectivity index (χ0) is 14.8. The van der Waals surface area contributed by atoms with Crippen LogP contribution in [-0.2, 0) is 23.0 Å². The largest absolute Gasteiger partial charge is 0.489 e. The van der Waals surface area contributed by atoms with Gasteiger partial charge in [-0.2, -0.15) is 0 Å². The molecule has 0 spiro atoms. The number of hydrogen-bond donors (Lipinski definition) is 1. The lowest BCUT2D eigenvalue weighted by Crippen LogP contribution is -1.99. The first-order chi connectivity index (χ1) is 9.40. The van der Waals surface area contributed by atoms with Crippen molar-refractivity contribution in [3.8, 4) is 5.75 Å². The second kappa shape index (κ2) is 5.68. The molecule has 0 amide bonds. The van der Waals surface area contributed by atoms with Crippen LogP contribution >= 0.6 is 0 Å². The fourth-order valence-corrected chi connectivity index (χ4v) is 2.44. The summed E-state index contributed by atoms with van der Waals surface area (Å²) in [6.45, 7) is 2.48. The molecule has 20 heavy (non-hydrogen) atoms. The van der Waals surface area contributed by atoms with Gasteiger partial charge in [-0.1, -0.05) is 6.07 Å². The molecule has 1 aromatic heterocycles. The monoisotopic (exact) mass is 295 g/mol. The van der Waals surface area contributed by atoms with Crippen molar-refractivity contribution >= 4 is 9.84 Å². The molecule has 0 radical (unpaired) electrons. The number of furan rings is 1. The van der Waals surface area contributed by atoms with Crippen LogP contribution in [-0.4, -0.2) is 14.7 Å². The van der Waals surface area contributed by atoms with Crippen LogP contribution in [0, 0.1) is 6.92 Å².